The number of ketones is 1. The van der Waals surface area contributed by atoms with Crippen LogP contribution in [0.4, 0.5) is 11.4 Å². The quantitative estimate of drug-likeness (QED) is 0.560. The van der Waals surface area contributed by atoms with Gasteiger partial charge in [0.25, 0.3) is 0 Å². The third-order valence-electron chi connectivity index (χ3n) is 3.33. The number of carbonyl (C=O) groups excluding carboxylic acids is 2. The molecular weight excluding hydrogens is 386 g/mol. The molecular formula is C16H11BrClNO2S. The minimum absolute atomic E-state index is 0.0232. The first-order valence-electron chi connectivity index (χ1n) is 6.54. The van der Waals surface area contributed by atoms with Crippen molar-refractivity contribution >= 4 is 62.4 Å². The first-order valence-corrected chi connectivity index (χ1v) is 9.02. The first-order chi connectivity index (χ1) is 10.7. The highest BCUT2D eigenvalue weighted by molar-refractivity contribution is 9.09. The molecule has 2 aromatic carbocycles. The van der Waals surface area contributed by atoms with Crippen LogP contribution >= 0.6 is 39.3 Å². The van der Waals surface area contributed by atoms with Gasteiger partial charge in [0.15, 0.2) is 5.78 Å². The zero-order valence-corrected chi connectivity index (χ0v) is 14.5. The van der Waals surface area contributed by atoms with Crippen LogP contribution in [0, 0.1) is 0 Å². The van der Waals surface area contributed by atoms with E-state index in [1.807, 2.05) is 30.3 Å². The number of nitrogens with zero attached hydrogens (tertiary/aromatic N) is 1. The molecule has 3 rings (SSSR count). The second-order valence-corrected chi connectivity index (χ2v) is 6.58. The predicted molar refractivity (Wildman–Crippen MR) is 93.0 cm³/mol. The number of amides is 1. The van der Waals surface area contributed by atoms with Crippen molar-refractivity contribution in [2.45, 2.75) is 9.79 Å². The third-order valence-corrected chi connectivity index (χ3v) is 5.20. The number of fused-ring (bicyclic) bond motifs is 2. The molecule has 112 valence electrons. The van der Waals surface area contributed by atoms with Crippen molar-refractivity contribution in [3.63, 3.8) is 0 Å². The summed E-state index contributed by atoms with van der Waals surface area (Å²) < 4.78 is 0. The topological polar surface area (TPSA) is 37.4 Å². The molecule has 0 unspecified atom stereocenters. The second-order valence-electron chi connectivity index (χ2n) is 4.67. The Morgan fingerprint density at radius 2 is 1.82 bits per heavy atom. The van der Waals surface area contributed by atoms with E-state index < -0.39 is 0 Å². The molecule has 0 aromatic heterocycles. The number of Topliss-reactive ketones (excluding diaryl/α,β-unsaturated/α-hetero) is 1. The van der Waals surface area contributed by atoms with Crippen LogP contribution in [0.25, 0.3) is 0 Å². The smallest absolute Gasteiger partial charge is 0.246 e. The van der Waals surface area contributed by atoms with E-state index in [-0.39, 0.29) is 22.9 Å². The van der Waals surface area contributed by atoms with Crippen molar-refractivity contribution < 1.29 is 9.59 Å². The molecule has 2 aromatic rings. The summed E-state index contributed by atoms with van der Waals surface area (Å²) in [5, 5.41) is 0.249. The zero-order valence-electron chi connectivity index (χ0n) is 11.4. The molecule has 0 saturated carbocycles. The number of carbonyl (C=O) groups is 2. The van der Waals surface area contributed by atoms with Gasteiger partial charge < -0.3 is 0 Å². The maximum absolute atomic E-state index is 12.3. The molecule has 0 bridgehead atoms. The van der Waals surface area contributed by atoms with Gasteiger partial charge in [0.1, 0.15) is 5.88 Å². The SMILES string of the molecule is O=C(CBr)c1ccc2c(c1)N(C(=O)CCl)c1ccccc1S2. The molecule has 1 amide bonds. The number of alkyl halides is 2. The fraction of sp³-hybridized carbons (Fsp3) is 0.125. The maximum Gasteiger partial charge on any atom is 0.246 e. The summed E-state index contributed by atoms with van der Waals surface area (Å²) in [5.74, 6) is -0.348. The van der Waals surface area contributed by atoms with Gasteiger partial charge in [0.2, 0.25) is 5.91 Å². The predicted octanol–water partition coefficient (Wildman–Crippen LogP) is 4.63. The monoisotopic (exact) mass is 395 g/mol. The van der Waals surface area contributed by atoms with Crippen molar-refractivity contribution in [2.24, 2.45) is 0 Å². The van der Waals surface area contributed by atoms with E-state index in [9.17, 15) is 9.59 Å². The Balaban J connectivity index is 2.17. The average molecular weight is 397 g/mol. The van der Waals surface area contributed by atoms with Crippen LogP contribution in [0.1, 0.15) is 10.4 Å². The van der Waals surface area contributed by atoms with E-state index in [1.54, 1.807) is 28.8 Å². The lowest BCUT2D eigenvalue weighted by Gasteiger charge is -2.31. The average Bonchev–Trinajstić information content (AvgIpc) is 2.57. The molecule has 0 aliphatic carbocycles. The van der Waals surface area contributed by atoms with Crippen molar-refractivity contribution in [1.82, 2.24) is 0 Å². The van der Waals surface area contributed by atoms with E-state index in [0.717, 1.165) is 15.5 Å². The van der Waals surface area contributed by atoms with Gasteiger partial charge in [-0.15, -0.1) is 11.6 Å². The number of rotatable bonds is 3. The summed E-state index contributed by atoms with van der Waals surface area (Å²) >= 11 is 10.5. The minimum Gasteiger partial charge on any atom is -0.293 e. The normalized spacial score (nSPS) is 12.5. The van der Waals surface area contributed by atoms with Gasteiger partial charge in [-0.1, -0.05) is 45.9 Å². The van der Waals surface area contributed by atoms with Gasteiger partial charge >= 0.3 is 0 Å². The minimum atomic E-state index is -0.209. The molecule has 22 heavy (non-hydrogen) atoms. The van der Waals surface area contributed by atoms with Crippen LogP contribution in [0.3, 0.4) is 0 Å². The van der Waals surface area contributed by atoms with E-state index in [2.05, 4.69) is 15.9 Å². The number of halogens is 2. The van der Waals surface area contributed by atoms with Crippen molar-refractivity contribution in [3.8, 4) is 0 Å². The van der Waals surface area contributed by atoms with Crippen LogP contribution < -0.4 is 4.90 Å². The Morgan fingerprint density at radius 3 is 2.55 bits per heavy atom. The lowest BCUT2D eigenvalue weighted by atomic mass is 10.1. The summed E-state index contributed by atoms with van der Waals surface area (Å²) in [5.41, 5.74) is 2.08. The van der Waals surface area contributed by atoms with Crippen molar-refractivity contribution in [1.29, 1.82) is 0 Å². The lowest BCUT2D eigenvalue weighted by molar-refractivity contribution is -0.115. The van der Waals surface area contributed by atoms with Crippen LogP contribution in [0.15, 0.2) is 52.3 Å². The largest absolute Gasteiger partial charge is 0.293 e. The molecule has 1 aliphatic rings. The standard InChI is InChI=1S/C16H11BrClNO2S/c17-8-13(20)10-5-6-15-12(7-10)19(16(21)9-18)11-3-1-2-4-14(11)22-15/h1-7H,8-9H2. The molecule has 0 N–H and O–H groups in total. The fourth-order valence-electron chi connectivity index (χ4n) is 2.33. The number of hydrogen-bond donors (Lipinski definition) is 0. The molecule has 1 heterocycles. The fourth-order valence-corrected chi connectivity index (χ4v) is 3.82. The molecule has 0 radical (unpaired) electrons. The zero-order chi connectivity index (χ0) is 15.7. The van der Waals surface area contributed by atoms with Crippen molar-refractivity contribution in [3.05, 3.63) is 48.0 Å². The Hall–Kier alpha value is -1.30. The van der Waals surface area contributed by atoms with Crippen molar-refractivity contribution in [2.75, 3.05) is 16.1 Å². The van der Waals surface area contributed by atoms with Gasteiger partial charge in [-0.2, -0.15) is 0 Å². The Bertz CT molecular complexity index is 766. The Labute approximate surface area is 145 Å². The van der Waals surface area contributed by atoms with Crippen LogP contribution in [-0.4, -0.2) is 22.9 Å². The van der Waals surface area contributed by atoms with E-state index in [0.29, 0.717) is 11.3 Å². The van der Waals surface area contributed by atoms with E-state index >= 15 is 0 Å². The summed E-state index contributed by atoms with van der Waals surface area (Å²) in [6.45, 7) is 0. The number of para-hydroxylation sites is 1. The van der Waals surface area contributed by atoms with Gasteiger partial charge in [-0.25, -0.2) is 0 Å². The van der Waals surface area contributed by atoms with Crippen LogP contribution in [0.5, 0.6) is 0 Å². The summed E-state index contributed by atoms with van der Waals surface area (Å²) in [7, 11) is 0. The second kappa shape index (κ2) is 6.44. The van der Waals surface area contributed by atoms with Crippen LogP contribution in [-0.2, 0) is 4.79 Å². The summed E-state index contributed by atoms with van der Waals surface area (Å²) in [6.07, 6.45) is 0. The number of anilines is 2. The third kappa shape index (κ3) is 2.69. The first kappa shape index (κ1) is 15.6. The van der Waals surface area contributed by atoms with Gasteiger partial charge in [-0.05, 0) is 24.3 Å². The molecule has 6 heteroatoms. The number of benzene rings is 2. The molecule has 0 fully saturated rings. The Morgan fingerprint density at radius 1 is 1.09 bits per heavy atom. The molecule has 0 spiro atoms. The van der Waals surface area contributed by atoms with E-state index in [1.165, 1.54) is 0 Å². The molecule has 3 nitrogen and oxygen atoms in total. The Kier molecular flexibility index (Phi) is 4.57. The van der Waals surface area contributed by atoms with E-state index in [4.69, 9.17) is 11.6 Å². The van der Waals surface area contributed by atoms with Crippen LogP contribution in [0.2, 0.25) is 0 Å². The highest BCUT2D eigenvalue weighted by atomic mass is 79.9. The van der Waals surface area contributed by atoms with Gasteiger partial charge in [0, 0.05) is 15.4 Å². The lowest BCUT2D eigenvalue weighted by Crippen LogP contribution is -2.29. The highest BCUT2D eigenvalue weighted by Gasteiger charge is 2.28. The highest BCUT2D eigenvalue weighted by Crippen LogP contribution is 2.48. The summed E-state index contributed by atoms with van der Waals surface area (Å²) in [6, 6.07) is 13.1. The molecule has 0 saturated heterocycles. The molecule has 1 aliphatic heterocycles. The number of hydrogen-bond acceptors (Lipinski definition) is 3. The maximum atomic E-state index is 12.3. The molecule has 0 atom stereocenters. The summed E-state index contributed by atoms with van der Waals surface area (Å²) in [4.78, 5) is 27.8. The van der Waals surface area contributed by atoms with Gasteiger partial charge in [0.05, 0.1) is 16.7 Å². The van der Waals surface area contributed by atoms with Gasteiger partial charge in [-0.3, -0.25) is 14.5 Å².